The average Bonchev–Trinajstić information content (AvgIpc) is 2.47. The highest BCUT2D eigenvalue weighted by atomic mass is 35.5. The maximum atomic E-state index is 5.84. The summed E-state index contributed by atoms with van der Waals surface area (Å²) < 4.78 is 0.582. The Labute approximate surface area is 87.1 Å². The second kappa shape index (κ2) is 3.84. The molecule has 0 unspecified atom stereocenters. The van der Waals surface area contributed by atoms with Crippen LogP contribution in [0.25, 0.3) is 0 Å². The van der Waals surface area contributed by atoms with Gasteiger partial charge in [-0.2, -0.15) is 0 Å². The predicted octanol–water partition coefficient (Wildman–Crippen LogP) is 3.43. The number of aromatic nitrogens is 1. The zero-order chi connectivity index (χ0) is 9.26. The van der Waals surface area contributed by atoms with Crippen LogP contribution in [0.1, 0.15) is 43.7 Å². The summed E-state index contributed by atoms with van der Waals surface area (Å²) in [5.41, 5.74) is 6.89. The van der Waals surface area contributed by atoms with Gasteiger partial charge < -0.3 is 5.73 Å². The molecular weight excluding hydrogens is 204 g/mol. The van der Waals surface area contributed by atoms with Crippen molar-refractivity contribution in [1.82, 2.24) is 4.98 Å². The number of nitrogen functional groups attached to an aromatic ring is 1. The third-order valence-corrected chi connectivity index (χ3v) is 3.65. The third kappa shape index (κ3) is 1.97. The minimum atomic E-state index is 0.567. The molecule has 1 saturated carbocycles. The van der Waals surface area contributed by atoms with Gasteiger partial charge in [-0.15, -0.1) is 0 Å². The molecule has 0 atom stereocenters. The number of nitrogens with zero attached hydrogens (tertiary/aromatic N) is 1. The largest absolute Gasteiger partial charge is 0.389 e. The van der Waals surface area contributed by atoms with E-state index in [2.05, 4.69) is 4.98 Å². The van der Waals surface area contributed by atoms with Crippen LogP contribution in [0.3, 0.4) is 0 Å². The average molecular weight is 217 g/mol. The van der Waals surface area contributed by atoms with Crippen LogP contribution in [0, 0.1) is 0 Å². The summed E-state index contributed by atoms with van der Waals surface area (Å²) in [4.78, 5) is 4.29. The Morgan fingerprint density at radius 3 is 2.54 bits per heavy atom. The van der Waals surface area contributed by atoms with Crippen LogP contribution in [0.4, 0.5) is 5.00 Å². The summed E-state index contributed by atoms with van der Waals surface area (Å²) in [6.07, 6.45) is 6.42. The lowest BCUT2D eigenvalue weighted by atomic mass is 9.87. The van der Waals surface area contributed by atoms with E-state index in [-0.39, 0.29) is 0 Å². The van der Waals surface area contributed by atoms with Crippen LogP contribution < -0.4 is 5.73 Å². The highest BCUT2D eigenvalue weighted by molar-refractivity contribution is 7.19. The number of rotatable bonds is 1. The van der Waals surface area contributed by atoms with Crippen LogP contribution in [0.15, 0.2) is 0 Å². The molecule has 0 radical (unpaired) electrons. The van der Waals surface area contributed by atoms with E-state index in [1.807, 2.05) is 0 Å². The van der Waals surface area contributed by atoms with Crippen molar-refractivity contribution < 1.29 is 0 Å². The van der Waals surface area contributed by atoms with Gasteiger partial charge in [0.1, 0.15) is 5.00 Å². The Balaban J connectivity index is 2.18. The molecular formula is C9H13ClN2S. The highest BCUT2D eigenvalue weighted by Crippen LogP contribution is 2.38. The van der Waals surface area contributed by atoms with Gasteiger partial charge in [0.15, 0.2) is 4.47 Å². The fourth-order valence-corrected chi connectivity index (χ4v) is 2.97. The van der Waals surface area contributed by atoms with Crippen LogP contribution >= 0.6 is 22.9 Å². The van der Waals surface area contributed by atoms with Gasteiger partial charge in [-0.3, -0.25) is 0 Å². The van der Waals surface area contributed by atoms with Gasteiger partial charge in [0.05, 0.1) is 5.69 Å². The molecule has 1 heterocycles. The van der Waals surface area contributed by atoms with Gasteiger partial charge in [0.2, 0.25) is 0 Å². The van der Waals surface area contributed by atoms with Crippen LogP contribution in [-0.4, -0.2) is 4.98 Å². The number of anilines is 1. The molecule has 2 N–H and O–H groups in total. The second-order valence-electron chi connectivity index (χ2n) is 3.55. The van der Waals surface area contributed by atoms with Gasteiger partial charge >= 0.3 is 0 Å². The molecule has 0 aliphatic heterocycles. The van der Waals surface area contributed by atoms with Crippen molar-refractivity contribution >= 4 is 27.9 Å². The minimum absolute atomic E-state index is 0.567. The number of hydrogen-bond acceptors (Lipinski definition) is 3. The second-order valence-corrected chi connectivity index (χ2v) is 5.16. The summed E-state index contributed by atoms with van der Waals surface area (Å²) in [6, 6.07) is 0. The fourth-order valence-electron chi connectivity index (χ4n) is 1.98. The molecule has 1 aliphatic carbocycles. The lowest BCUT2D eigenvalue weighted by Gasteiger charge is -2.19. The normalized spacial score (nSPS) is 19.2. The zero-order valence-electron chi connectivity index (χ0n) is 7.42. The van der Waals surface area contributed by atoms with E-state index in [0.29, 0.717) is 10.4 Å². The van der Waals surface area contributed by atoms with Crippen molar-refractivity contribution in [3.8, 4) is 0 Å². The van der Waals surface area contributed by atoms with Crippen LogP contribution in [-0.2, 0) is 0 Å². The molecule has 4 heteroatoms. The maximum Gasteiger partial charge on any atom is 0.185 e. The lowest BCUT2D eigenvalue weighted by Crippen LogP contribution is -2.06. The first kappa shape index (κ1) is 9.28. The van der Waals surface area contributed by atoms with Gasteiger partial charge in [-0.1, -0.05) is 42.2 Å². The molecule has 1 aromatic heterocycles. The van der Waals surface area contributed by atoms with E-state index in [0.717, 1.165) is 10.7 Å². The Hall–Kier alpha value is -0.280. The number of nitrogens with two attached hydrogens (primary N) is 1. The SMILES string of the molecule is Nc1sc(Cl)nc1C1CCCCC1. The molecule has 0 aromatic carbocycles. The summed E-state index contributed by atoms with van der Waals surface area (Å²) >= 11 is 7.21. The minimum Gasteiger partial charge on any atom is -0.389 e. The number of thiazole rings is 1. The quantitative estimate of drug-likeness (QED) is 0.781. The Kier molecular flexibility index (Phi) is 2.74. The molecule has 0 amide bonds. The molecule has 1 aromatic rings. The monoisotopic (exact) mass is 216 g/mol. The van der Waals surface area contributed by atoms with Crippen molar-refractivity contribution in [2.75, 3.05) is 5.73 Å². The van der Waals surface area contributed by atoms with Crippen LogP contribution in [0.5, 0.6) is 0 Å². The molecule has 1 fully saturated rings. The molecule has 0 bridgehead atoms. The van der Waals surface area contributed by atoms with Gasteiger partial charge in [0.25, 0.3) is 0 Å². The molecule has 72 valence electrons. The van der Waals surface area contributed by atoms with Crippen molar-refractivity contribution in [3.63, 3.8) is 0 Å². The third-order valence-electron chi connectivity index (χ3n) is 2.65. The lowest BCUT2D eigenvalue weighted by molar-refractivity contribution is 0.439. The first-order valence-electron chi connectivity index (χ1n) is 4.69. The first-order valence-corrected chi connectivity index (χ1v) is 5.88. The topological polar surface area (TPSA) is 38.9 Å². The van der Waals surface area contributed by atoms with Gasteiger partial charge in [-0.25, -0.2) is 4.98 Å². The molecule has 13 heavy (non-hydrogen) atoms. The molecule has 0 saturated heterocycles. The van der Waals surface area contributed by atoms with E-state index in [1.165, 1.54) is 43.4 Å². The Morgan fingerprint density at radius 2 is 2.00 bits per heavy atom. The molecule has 1 aliphatic rings. The summed E-state index contributed by atoms with van der Waals surface area (Å²) in [5.74, 6) is 0.567. The van der Waals surface area contributed by atoms with E-state index in [4.69, 9.17) is 17.3 Å². The van der Waals surface area contributed by atoms with Crippen molar-refractivity contribution in [3.05, 3.63) is 10.2 Å². The van der Waals surface area contributed by atoms with E-state index in [1.54, 1.807) is 0 Å². The number of halogens is 1. The van der Waals surface area contributed by atoms with E-state index < -0.39 is 0 Å². The van der Waals surface area contributed by atoms with E-state index in [9.17, 15) is 0 Å². The highest BCUT2D eigenvalue weighted by Gasteiger charge is 2.20. The first-order chi connectivity index (χ1) is 6.27. The van der Waals surface area contributed by atoms with Gasteiger partial charge in [0, 0.05) is 5.92 Å². The predicted molar refractivity (Wildman–Crippen MR) is 57.4 cm³/mol. The van der Waals surface area contributed by atoms with Gasteiger partial charge in [-0.05, 0) is 12.8 Å². The van der Waals surface area contributed by atoms with Crippen molar-refractivity contribution in [2.45, 2.75) is 38.0 Å². The summed E-state index contributed by atoms with van der Waals surface area (Å²) in [7, 11) is 0. The smallest absolute Gasteiger partial charge is 0.185 e. The molecule has 0 spiro atoms. The Morgan fingerprint density at radius 1 is 1.31 bits per heavy atom. The fraction of sp³-hybridized carbons (Fsp3) is 0.667. The molecule has 2 nitrogen and oxygen atoms in total. The van der Waals surface area contributed by atoms with Crippen molar-refractivity contribution in [1.29, 1.82) is 0 Å². The zero-order valence-corrected chi connectivity index (χ0v) is 9.00. The van der Waals surface area contributed by atoms with E-state index >= 15 is 0 Å². The maximum absolute atomic E-state index is 5.84. The standard InChI is InChI=1S/C9H13ClN2S/c10-9-12-7(8(11)13-9)6-4-2-1-3-5-6/h6H,1-5,11H2. The van der Waals surface area contributed by atoms with Crippen molar-refractivity contribution in [2.24, 2.45) is 0 Å². The summed E-state index contributed by atoms with van der Waals surface area (Å²) in [5, 5.41) is 0.817. The number of hydrogen-bond donors (Lipinski definition) is 1. The molecule has 2 rings (SSSR count). The van der Waals surface area contributed by atoms with Crippen LogP contribution in [0.2, 0.25) is 4.47 Å². The Bertz CT molecular complexity index is 292. The summed E-state index contributed by atoms with van der Waals surface area (Å²) in [6.45, 7) is 0.